The second-order valence-corrected chi connectivity index (χ2v) is 19.1. The Morgan fingerprint density at radius 2 is 1.78 bits per heavy atom. The first kappa shape index (κ1) is 43.9. The lowest BCUT2D eigenvalue weighted by atomic mass is 9.92. The summed E-state index contributed by atoms with van der Waals surface area (Å²) in [7, 11) is 0. The molecule has 1 unspecified atom stereocenters. The van der Waals surface area contributed by atoms with Crippen LogP contribution >= 0.6 is 0 Å². The van der Waals surface area contributed by atoms with Crippen molar-refractivity contribution in [2.24, 2.45) is 5.92 Å². The fourth-order valence-corrected chi connectivity index (χ4v) is 11.3. The molecule has 11 rings (SSSR count). The highest BCUT2D eigenvalue weighted by atomic mass is 16.5. The number of likely N-dealkylation sites (tertiary alicyclic amines) is 1. The normalized spacial score (nSPS) is 22.4. The van der Waals surface area contributed by atoms with E-state index in [-0.39, 0.29) is 23.9 Å². The van der Waals surface area contributed by atoms with E-state index >= 15 is 0 Å². The van der Waals surface area contributed by atoms with Crippen LogP contribution in [0.25, 0.3) is 38.7 Å². The second-order valence-electron chi connectivity index (χ2n) is 19.1. The van der Waals surface area contributed by atoms with E-state index in [0.29, 0.717) is 83.5 Å². The van der Waals surface area contributed by atoms with Crippen LogP contribution in [-0.4, -0.2) is 94.6 Å². The number of benzene rings is 2. The van der Waals surface area contributed by atoms with Gasteiger partial charge >= 0.3 is 0 Å². The molecule has 4 aliphatic rings. The number of aromatic nitrogens is 7. The highest BCUT2D eigenvalue weighted by Gasteiger charge is 2.38. The van der Waals surface area contributed by atoms with Crippen LogP contribution in [0.2, 0.25) is 0 Å². The Morgan fingerprint density at radius 3 is 2.59 bits per heavy atom. The molecule has 2 saturated heterocycles. The van der Waals surface area contributed by atoms with E-state index in [4.69, 9.17) is 14.5 Å². The molecule has 5 N–H and O–H groups in total. The van der Waals surface area contributed by atoms with Crippen molar-refractivity contribution in [1.82, 2.24) is 49.6 Å². The fourth-order valence-electron chi connectivity index (χ4n) is 11.3. The van der Waals surface area contributed by atoms with Gasteiger partial charge in [-0.3, -0.25) is 19.7 Å². The molecule has 1 saturated carbocycles. The predicted octanol–water partition coefficient (Wildman–Crippen LogP) is 6.57. The zero-order chi connectivity index (χ0) is 46.5. The van der Waals surface area contributed by atoms with Gasteiger partial charge in [0.15, 0.2) is 17.0 Å². The third-order valence-corrected chi connectivity index (χ3v) is 15.0. The molecular weight excluding hydrogens is 861 g/mol. The number of amides is 2. The first-order valence-electron chi connectivity index (χ1n) is 24.3. The number of hydrogen-bond donors (Lipinski definition) is 5. The van der Waals surface area contributed by atoms with Crippen LogP contribution in [-0.2, 0) is 28.2 Å². The van der Waals surface area contributed by atoms with Gasteiger partial charge in [0.25, 0.3) is 5.56 Å². The summed E-state index contributed by atoms with van der Waals surface area (Å²) in [6.45, 7) is 11.1. The predicted molar refractivity (Wildman–Crippen MR) is 260 cm³/mol. The van der Waals surface area contributed by atoms with Crippen LogP contribution in [0.4, 0.5) is 17.3 Å². The SMILES string of the molecule is C=CCn1c(=O)c2cnc(Nc3ccc(NCCNC4CCN(C[C@@H]5CC[C@@H](n6ccc7c8c(C9CCC(=O)NC9=O)noc8ccc76)C5)CC4)cc3)nc2n1-c1ccc2c(n1)[C@@](O)(CC)CC2. The molecule has 4 atom stereocenters. The summed E-state index contributed by atoms with van der Waals surface area (Å²) in [6.07, 6.45) is 13.8. The number of anilines is 3. The van der Waals surface area contributed by atoms with Crippen LogP contribution in [0.1, 0.15) is 93.6 Å². The number of aliphatic hydroxyl groups is 1. The maximum absolute atomic E-state index is 13.5. The molecule has 2 amide bonds. The van der Waals surface area contributed by atoms with Crippen molar-refractivity contribution >= 4 is 62.0 Å². The van der Waals surface area contributed by atoms with Gasteiger partial charge in [-0.05, 0) is 131 Å². The van der Waals surface area contributed by atoms with Crippen molar-refractivity contribution in [3.8, 4) is 5.82 Å². The van der Waals surface area contributed by atoms with Crippen molar-refractivity contribution in [1.29, 1.82) is 0 Å². The zero-order valence-corrected chi connectivity index (χ0v) is 38.4. The zero-order valence-electron chi connectivity index (χ0n) is 38.4. The Kier molecular flexibility index (Phi) is 11.7. The van der Waals surface area contributed by atoms with E-state index < -0.39 is 11.5 Å². The van der Waals surface area contributed by atoms with Crippen molar-refractivity contribution < 1.29 is 19.2 Å². The summed E-state index contributed by atoms with van der Waals surface area (Å²) >= 11 is 0. The Morgan fingerprint density at radius 1 is 0.941 bits per heavy atom. The molecule has 0 spiro atoms. The van der Waals surface area contributed by atoms with Crippen LogP contribution < -0.4 is 26.8 Å². The fraction of sp³-hybridized carbons (Fsp3) is 0.431. The Labute approximate surface area is 393 Å². The molecule has 2 aliphatic heterocycles. The number of carbonyl (C=O) groups is 2. The smallest absolute Gasteiger partial charge is 0.278 e. The van der Waals surface area contributed by atoms with Gasteiger partial charge in [-0.25, -0.2) is 19.3 Å². The summed E-state index contributed by atoms with van der Waals surface area (Å²) in [4.78, 5) is 54.9. The number of piperidine rings is 2. The van der Waals surface area contributed by atoms with E-state index in [0.717, 1.165) is 98.1 Å². The molecule has 2 aliphatic carbocycles. The summed E-state index contributed by atoms with van der Waals surface area (Å²) in [6, 6.07) is 19.0. The molecule has 7 aromatic rings. The van der Waals surface area contributed by atoms with Gasteiger partial charge in [-0.15, -0.1) is 6.58 Å². The number of rotatable bonds is 15. The Bertz CT molecular complexity index is 3110. The summed E-state index contributed by atoms with van der Waals surface area (Å²) in [5, 5.41) is 31.0. The number of nitrogens with one attached hydrogen (secondary N) is 4. The Balaban J connectivity index is 0.647. The van der Waals surface area contributed by atoms with E-state index in [2.05, 4.69) is 65.8 Å². The number of aryl methyl sites for hydroxylation is 1. The number of nitrogens with zero attached hydrogens (tertiary/aromatic N) is 8. The maximum Gasteiger partial charge on any atom is 0.278 e. The molecule has 17 heteroatoms. The standard InChI is InChI=1S/C51H58N12O5/c1-3-24-62-49(66)39-29-54-50(58-47(39)63(62)42-15-6-32-17-21-51(67,4-2)46(32)56-42)55-35-9-7-33(8-10-35)52-22-23-53-34-18-25-60(26-19-34)30-31-5-11-36(28-31)61-27-20-37-40(61)13-14-41-44(37)45(59-68-41)38-12-16-43(64)57-48(38)65/h3,6-10,13-15,20,27,29,31,34,36,38,52-53,67H,1,4-5,11-12,16-19,21-26,28,30H2,2H3,(H,54,55,58)(H,57,64,65)/t31-,36-,38?,51-/m1/s1. The molecule has 5 aromatic heterocycles. The van der Waals surface area contributed by atoms with Gasteiger partial charge in [0.05, 0.1) is 23.5 Å². The molecule has 17 nitrogen and oxygen atoms in total. The van der Waals surface area contributed by atoms with Crippen LogP contribution in [0.5, 0.6) is 0 Å². The van der Waals surface area contributed by atoms with Gasteiger partial charge in [-0.2, -0.15) is 4.98 Å². The van der Waals surface area contributed by atoms with Gasteiger partial charge < -0.3 is 35.0 Å². The quantitative estimate of drug-likeness (QED) is 0.0420. The average molecular weight is 919 g/mol. The van der Waals surface area contributed by atoms with E-state index in [1.807, 2.05) is 49.4 Å². The maximum atomic E-state index is 13.5. The van der Waals surface area contributed by atoms with Gasteiger partial charge in [0.1, 0.15) is 16.7 Å². The van der Waals surface area contributed by atoms with Gasteiger partial charge in [0.2, 0.25) is 17.8 Å². The minimum atomic E-state index is -0.993. The summed E-state index contributed by atoms with van der Waals surface area (Å²) in [5.74, 6) is 0.482. The van der Waals surface area contributed by atoms with E-state index in [1.165, 1.54) is 6.42 Å². The third kappa shape index (κ3) is 8.15. The van der Waals surface area contributed by atoms with Gasteiger partial charge in [0, 0.05) is 72.8 Å². The number of allylic oxidation sites excluding steroid dienone is 1. The topological polar surface area (TPSA) is 202 Å². The second kappa shape index (κ2) is 18.1. The molecule has 3 fully saturated rings. The molecule has 2 aromatic carbocycles. The molecular formula is C51H58N12O5. The minimum absolute atomic E-state index is 0.235. The van der Waals surface area contributed by atoms with E-state index in [1.54, 1.807) is 21.6 Å². The number of pyridine rings is 1. The van der Waals surface area contributed by atoms with Crippen molar-refractivity contribution in [2.45, 2.75) is 101 Å². The van der Waals surface area contributed by atoms with Crippen molar-refractivity contribution in [2.75, 3.05) is 43.4 Å². The molecule has 68 heavy (non-hydrogen) atoms. The monoisotopic (exact) mass is 918 g/mol. The number of imide groups is 1. The number of hydrogen-bond acceptors (Lipinski definition) is 13. The van der Waals surface area contributed by atoms with Gasteiger partial charge in [-0.1, -0.05) is 24.2 Å². The summed E-state index contributed by atoms with van der Waals surface area (Å²) in [5.41, 5.74) is 5.12. The highest BCUT2D eigenvalue weighted by molar-refractivity contribution is 6.09. The third-order valence-electron chi connectivity index (χ3n) is 15.0. The first-order chi connectivity index (χ1) is 33.2. The van der Waals surface area contributed by atoms with E-state index in [9.17, 15) is 19.5 Å². The van der Waals surface area contributed by atoms with Crippen molar-refractivity contribution in [3.05, 3.63) is 107 Å². The minimum Gasteiger partial charge on any atom is -0.384 e. The van der Waals surface area contributed by atoms with Crippen LogP contribution in [0.15, 0.2) is 89.0 Å². The lowest BCUT2D eigenvalue weighted by Gasteiger charge is -2.34. The van der Waals surface area contributed by atoms with Crippen LogP contribution in [0.3, 0.4) is 0 Å². The molecule has 7 heterocycles. The lowest BCUT2D eigenvalue weighted by molar-refractivity contribution is -0.134. The Hall–Kier alpha value is -6.69. The summed E-state index contributed by atoms with van der Waals surface area (Å²) < 4.78 is 11.3. The molecule has 0 radical (unpaired) electrons. The number of carbonyl (C=O) groups excluding carboxylic acids is 2. The van der Waals surface area contributed by atoms with Crippen molar-refractivity contribution in [3.63, 3.8) is 0 Å². The highest BCUT2D eigenvalue weighted by Crippen LogP contribution is 2.42. The first-order valence-corrected chi connectivity index (χ1v) is 24.3. The largest absolute Gasteiger partial charge is 0.384 e. The molecule has 0 bridgehead atoms. The van der Waals surface area contributed by atoms with Crippen LogP contribution in [0, 0.1) is 5.92 Å². The number of fused-ring (bicyclic) bond motifs is 5. The molecule has 352 valence electrons. The average Bonchev–Trinajstić information content (AvgIpc) is 4.20. The lowest BCUT2D eigenvalue weighted by Crippen LogP contribution is -2.44.